The van der Waals surface area contributed by atoms with Gasteiger partial charge in [-0.25, -0.2) is 9.48 Å². The predicted octanol–water partition coefficient (Wildman–Crippen LogP) is 3.10. The molecule has 0 aliphatic carbocycles. The first-order chi connectivity index (χ1) is 9.99. The van der Waals surface area contributed by atoms with Gasteiger partial charge in [0.2, 0.25) is 0 Å². The molecule has 0 atom stereocenters. The van der Waals surface area contributed by atoms with Crippen LogP contribution < -0.4 is 0 Å². The Morgan fingerprint density at radius 2 is 2.10 bits per heavy atom. The van der Waals surface area contributed by atoms with Crippen molar-refractivity contribution in [3.8, 4) is 0 Å². The van der Waals surface area contributed by atoms with Gasteiger partial charge in [-0.1, -0.05) is 48.9 Å². The summed E-state index contributed by atoms with van der Waals surface area (Å²) in [4.78, 5) is 11.9. The number of carbonyl (C=O) groups excluding carboxylic acids is 1. The first kappa shape index (κ1) is 15.5. The van der Waals surface area contributed by atoms with Gasteiger partial charge in [0.25, 0.3) is 0 Å². The lowest BCUT2D eigenvalue weighted by molar-refractivity contribution is 0.0451. The first-order valence-corrected chi connectivity index (χ1v) is 7.17. The van der Waals surface area contributed by atoms with Crippen molar-refractivity contribution < 1.29 is 9.53 Å². The summed E-state index contributed by atoms with van der Waals surface area (Å²) in [6.45, 7) is 6.59. The summed E-state index contributed by atoms with van der Waals surface area (Å²) in [5, 5.41) is 8.59. The Morgan fingerprint density at radius 1 is 1.38 bits per heavy atom. The van der Waals surface area contributed by atoms with E-state index in [4.69, 9.17) is 16.3 Å². The van der Waals surface area contributed by atoms with Crippen LogP contribution in [0.4, 0.5) is 0 Å². The summed E-state index contributed by atoms with van der Waals surface area (Å²) in [7, 11) is 0. The number of carbonyl (C=O) groups is 1. The Morgan fingerprint density at radius 3 is 2.76 bits per heavy atom. The Labute approximate surface area is 128 Å². The molecule has 0 aliphatic rings. The molecule has 0 saturated heterocycles. The second kappa shape index (κ2) is 6.72. The van der Waals surface area contributed by atoms with E-state index in [0.29, 0.717) is 23.9 Å². The number of halogens is 1. The van der Waals surface area contributed by atoms with E-state index in [2.05, 4.69) is 10.3 Å². The molecule has 1 aromatic heterocycles. The minimum atomic E-state index is -0.438. The molecule has 6 heteroatoms. The van der Waals surface area contributed by atoms with Crippen LogP contribution in [0.2, 0.25) is 5.02 Å². The quantitative estimate of drug-likeness (QED) is 0.796. The fourth-order valence-electron chi connectivity index (χ4n) is 1.80. The van der Waals surface area contributed by atoms with Crippen LogP contribution in [0.15, 0.2) is 24.3 Å². The van der Waals surface area contributed by atoms with Crippen molar-refractivity contribution in [3.05, 3.63) is 46.2 Å². The second-order valence-electron chi connectivity index (χ2n) is 5.26. The molecule has 1 heterocycles. The van der Waals surface area contributed by atoms with E-state index >= 15 is 0 Å². The maximum absolute atomic E-state index is 11.9. The maximum Gasteiger partial charge on any atom is 0.360 e. The van der Waals surface area contributed by atoms with Gasteiger partial charge in [0.15, 0.2) is 5.69 Å². The average Bonchev–Trinajstić information content (AvgIpc) is 2.80. The van der Waals surface area contributed by atoms with Crippen molar-refractivity contribution in [2.75, 3.05) is 6.61 Å². The Hall–Kier alpha value is -1.88. The van der Waals surface area contributed by atoms with Gasteiger partial charge in [0, 0.05) is 5.02 Å². The Balaban J connectivity index is 2.14. The van der Waals surface area contributed by atoms with Crippen molar-refractivity contribution >= 4 is 17.6 Å². The molecule has 0 amide bonds. The minimum Gasteiger partial charge on any atom is -0.461 e. The molecule has 112 valence electrons. The summed E-state index contributed by atoms with van der Waals surface area (Å²) >= 11 is 6.13. The number of benzene rings is 1. The first-order valence-electron chi connectivity index (χ1n) is 6.79. The van der Waals surface area contributed by atoms with Crippen molar-refractivity contribution in [1.29, 1.82) is 0 Å². The lowest BCUT2D eigenvalue weighted by Gasteiger charge is -2.07. The molecular weight excluding hydrogens is 290 g/mol. The predicted molar refractivity (Wildman–Crippen MR) is 80.4 cm³/mol. The van der Waals surface area contributed by atoms with Crippen LogP contribution in [0.25, 0.3) is 0 Å². The fraction of sp³-hybridized carbons (Fsp3) is 0.400. The number of hydrogen-bond donors (Lipinski definition) is 0. The van der Waals surface area contributed by atoms with Gasteiger partial charge in [-0.15, -0.1) is 5.10 Å². The summed E-state index contributed by atoms with van der Waals surface area (Å²) < 4.78 is 6.82. The number of nitrogens with zero attached hydrogens (tertiary/aromatic N) is 3. The Kier molecular flexibility index (Phi) is 4.96. The topological polar surface area (TPSA) is 57.0 Å². The highest BCUT2D eigenvalue weighted by Crippen LogP contribution is 2.17. The molecule has 0 bridgehead atoms. The highest BCUT2D eigenvalue weighted by molar-refractivity contribution is 6.31. The number of esters is 1. The zero-order valence-electron chi connectivity index (χ0n) is 12.3. The normalized spacial score (nSPS) is 10.9. The lowest BCUT2D eigenvalue weighted by atomic mass is 10.2. The molecule has 0 unspecified atom stereocenters. The van der Waals surface area contributed by atoms with Gasteiger partial charge in [0.05, 0.1) is 18.8 Å². The smallest absolute Gasteiger partial charge is 0.360 e. The number of ether oxygens (including phenoxy) is 1. The molecule has 1 aromatic carbocycles. The van der Waals surface area contributed by atoms with Gasteiger partial charge in [0.1, 0.15) is 0 Å². The van der Waals surface area contributed by atoms with E-state index in [1.165, 1.54) is 0 Å². The van der Waals surface area contributed by atoms with Crippen LogP contribution >= 0.6 is 11.6 Å². The molecule has 0 fully saturated rings. The molecule has 2 aromatic rings. The van der Waals surface area contributed by atoms with Gasteiger partial charge in [-0.3, -0.25) is 0 Å². The fourth-order valence-corrected chi connectivity index (χ4v) is 1.99. The molecule has 2 rings (SSSR count). The number of hydrogen-bond acceptors (Lipinski definition) is 4. The zero-order chi connectivity index (χ0) is 15.4. The molecule has 5 nitrogen and oxygen atoms in total. The van der Waals surface area contributed by atoms with Crippen LogP contribution in [0.3, 0.4) is 0 Å². The highest BCUT2D eigenvalue weighted by atomic mass is 35.5. The van der Waals surface area contributed by atoms with E-state index in [0.717, 1.165) is 5.56 Å². The van der Waals surface area contributed by atoms with E-state index in [1.807, 2.05) is 38.1 Å². The van der Waals surface area contributed by atoms with Crippen LogP contribution in [0, 0.1) is 12.8 Å². The van der Waals surface area contributed by atoms with Crippen LogP contribution in [-0.2, 0) is 11.3 Å². The third-order valence-electron chi connectivity index (χ3n) is 3.00. The van der Waals surface area contributed by atoms with Crippen molar-refractivity contribution in [2.45, 2.75) is 27.3 Å². The van der Waals surface area contributed by atoms with E-state index in [1.54, 1.807) is 11.6 Å². The van der Waals surface area contributed by atoms with Gasteiger partial charge >= 0.3 is 5.97 Å². The van der Waals surface area contributed by atoms with Gasteiger partial charge in [-0.05, 0) is 24.5 Å². The Bertz CT molecular complexity index is 638. The molecular formula is C15H18ClN3O2. The second-order valence-corrected chi connectivity index (χ2v) is 5.67. The SMILES string of the molecule is Cc1c(C(=O)OCC(C)C)nnn1Cc1ccccc1Cl. The minimum absolute atomic E-state index is 0.253. The largest absolute Gasteiger partial charge is 0.461 e. The van der Waals surface area contributed by atoms with Crippen molar-refractivity contribution in [1.82, 2.24) is 15.0 Å². The monoisotopic (exact) mass is 307 g/mol. The van der Waals surface area contributed by atoms with E-state index < -0.39 is 5.97 Å². The molecule has 0 aliphatic heterocycles. The van der Waals surface area contributed by atoms with E-state index in [9.17, 15) is 4.79 Å². The van der Waals surface area contributed by atoms with Crippen molar-refractivity contribution in [3.63, 3.8) is 0 Å². The third-order valence-corrected chi connectivity index (χ3v) is 3.37. The molecule has 21 heavy (non-hydrogen) atoms. The number of rotatable bonds is 5. The van der Waals surface area contributed by atoms with Gasteiger partial charge in [-0.2, -0.15) is 0 Å². The summed E-state index contributed by atoms with van der Waals surface area (Å²) in [5.41, 5.74) is 1.85. The number of aromatic nitrogens is 3. The summed E-state index contributed by atoms with van der Waals surface area (Å²) in [6.07, 6.45) is 0. The molecule has 0 radical (unpaired) electrons. The van der Waals surface area contributed by atoms with Crippen molar-refractivity contribution in [2.24, 2.45) is 5.92 Å². The maximum atomic E-state index is 11.9. The summed E-state index contributed by atoms with van der Waals surface area (Å²) in [6, 6.07) is 7.52. The third kappa shape index (κ3) is 3.82. The van der Waals surface area contributed by atoms with Crippen LogP contribution in [0.1, 0.15) is 35.6 Å². The van der Waals surface area contributed by atoms with E-state index in [-0.39, 0.29) is 11.6 Å². The van der Waals surface area contributed by atoms with Crippen LogP contribution in [0.5, 0.6) is 0 Å². The summed E-state index contributed by atoms with van der Waals surface area (Å²) in [5.74, 6) is -0.154. The lowest BCUT2D eigenvalue weighted by Crippen LogP contribution is -2.12. The molecule has 0 saturated carbocycles. The zero-order valence-corrected chi connectivity index (χ0v) is 13.1. The molecule has 0 N–H and O–H groups in total. The van der Waals surface area contributed by atoms with Gasteiger partial charge < -0.3 is 4.74 Å². The average molecular weight is 308 g/mol. The molecule has 0 spiro atoms. The van der Waals surface area contributed by atoms with Crippen LogP contribution in [-0.4, -0.2) is 27.6 Å². The standard InChI is InChI=1S/C15H18ClN3O2/c1-10(2)9-21-15(20)14-11(3)19(18-17-14)8-12-6-4-5-7-13(12)16/h4-7,10H,8-9H2,1-3H3. The highest BCUT2D eigenvalue weighted by Gasteiger charge is 2.18.